The second-order valence-corrected chi connectivity index (χ2v) is 8.37. The van der Waals surface area contributed by atoms with E-state index in [0.29, 0.717) is 28.2 Å². The second kappa shape index (κ2) is 9.37. The van der Waals surface area contributed by atoms with Crippen LogP contribution in [0.4, 0.5) is 0 Å². The fourth-order valence-electron chi connectivity index (χ4n) is 3.26. The molecule has 5 nitrogen and oxygen atoms in total. The minimum atomic E-state index is -0.378. The fraction of sp³-hybridized carbons (Fsp3) is 0.348. The molecule has 0 aliphatic carbocycles. The lowest BCUT2D eigenvalue weighted by Gasteiger charge is -2.20. The predicted molar refractivity (Wildman–Crippen MR) is 118 cm³/mol. The van der Waals surface area contributed by atoms with Gasteiger partial charge in [0.15, 0.2) is 10.9 Å². The van der Waals surface area contributed by atoms with Gasteiger partial charge in [-0.25, -0.2) is 4.98 Å². The Kier molecular flexibility index (Phi) is 6.87. The number of ketones is 1. The second-order valence-electron chi connectivity index (χ2n) is 7.07. The van der Waals surface area contributed by atoms with Gasteiger partial charge in [-0.2, -0.15) is 0 Å². The fourth-order valence-corrected chi connectivity index (χ4v) is 4.35. The van der Waals surface area contributed by atoms with Gasteiger partial charge in [0.1, 0.15) is 0 Å². The molecule has 0 bridgehead atoms. The summed E-state index contributed by atoms with van der Waals surface area (Å²) in [5, 5.41) is 0.717. The van der Waals surface area contributed by atoms with E-state index in [1.165, 1.54) is 17.3 Å². The Morgan fingerprint density at radius 1 is 1.14 bits per heavy atom. The maximum absolute atomic E-state index is 13.1. The van der Waals surface area contributed by atoms with E-state index in [4.69, 9.17) is 9.72 Å². The molecule has 29 heavy (non-hydrogen) atoms. The van der Waals surface area contributed by atoms with E-state index in [0.717, 1.165) is 6.42 Å². The van der Waals surface area contributed by atoms with Crippen molar-refractivity contribution in [2.24, 2.45) is 0 Å². The zero-order valence-corrected chi connectivity index (χ0v) is 18.0. The molecular weight excluding hydrogens is 384 g/mol. The third-order valence-corrected chi connectivity index (χ3v) is 5.99. The highest BCUT2D eigenvalue weighted by Crippen LogP contribution is 2.27. The molecule has 2 aromatic carbocycles. The Bertz CT molecular complexity index is 1060. The molecule has 0 amide bonds. The van der Waals surface area contributed by atoms with Gasteiger partial charge in [0.2, 0.25) is 0 Å². The number of carbonyl (C=O) groups is 1. The van der Waals surface area contributed by atoms with Crippen molar-refractivity contribution in [2.45, 2.75) is 43.6 Å². The Morgan fingerprint density at radius 2 is 1.83 bits per heavy atom. The topological polar surface area (TPSA) is 61.2 Å². The van der Waals surface area contributed by atoms with E-state index < -0.39 is 0 Å². The first kappa shape index (κ1) is 21.3. The summed E-state index contributed by atoms with van der Waals surface area (Å²) in [6.45, 7) is 6.24. The number of benzene rings is 2. The number of para-hydroxylation sites is 1. The third-order valence-electron chi connectivity index (χ3n) is 4.92. The molecule has 0 unspecified atom stereocenters. The summed E-state index contributed by atoms with van der Waals surface area (Å²) in [6.07, 6.45) is 0.934. The summed E-state index contributed by atoms with van der Waals surface area (Å²) in [7, 11) is 1.61. The Balaban J connectivity index is 1.97. The first-order chi connectivity index (χ1) is 14.0. The van der Waals surface area contributed by atoms with Crippen LogP contribution in [-0.4, -0.2) is 34.3 Å². The van der Waals surface area contributed by atoms with Crippen LogP contribution in [0.1, 0.15) is 42.7 Å². The lowest BCUT2D eigenvalue weighted by molar-refractivity contribution is 0.0993. The van der Waals surface area contributed by atoms with Gasteiger partial charge >= 0.3 is 0 Å². The third kappa shape index (κ3) is 4.60. The summed E-state index contributed by atoms with van der Waals surface area (Å²) in [5.41, 5.74) is 2.38. The number of hydrogen-bond donors (Lipinski definition) is 0. The molecule has 0 spiro atoms. The number of methoxy groups -OCH3 is 1. The Labute approximate surface area is 175 Å². The van der Waals surface area contributed by atoms with E-state index in [2.05, 4.69) is 6.92 Å². The standard InChI is InChI=1S/C23H26N2O3S/c1-5-17-10-12-18(13-11-17)21(26)16(3)29-23-24-20-9-7-6-8-19(20)22(27)25(23)15(2)14-28-4/h6-13,15-16H,5,14H2,1-4H3/t15-,16-/m1/s1. The van der Waals surface area contributed by atoms with Crippen molar-refractivity contribution in [2.75, 3.05) is 13.7 Å². The Morgan fingerprint density at radius 3 is 2.48 bits per heavy atom. The lowest BCUT2D eigenvalue weighted by atomic mass is 10.1. The normalized spacial score (nSPS) is 13.4. The minimum Gasteiger partial charge on any atom is -0.383 e. The van der Waals surface area contributed by atoms with Crippen LogP contribution >= 0.6 is 11.8 Å². The van der Waals surface area contributed by atoms with Crippen LogP contribution in [0.5, 0.6) is 0 Å². The molecule has 3 rings (SSSR count). The molecule has 0 saturated carbocycles. The number of carbonyl (C=O) groups excluding carboxylic acids is 1. The van der Waals surface area contributed by atoms with Crippen LogP contribution < -0.4 is 5.56 Å². The average molecular weight is 411 g/mol. The van der Waals surface area contributed by atoms with Crippen LogP contribution in [0.15, 0.2) is 58.5 Å². The summed E-state index contributed by atoms with van der Waals surface area (Å²) in [4.78, 5) is 30.8. The zero-order valence-electron chi connectivity index (χ0n) is 17.2. The molecule has 0 fully saturated rings. The Hall–Kier alpha value is -2.44. The number of nitrogens with zero attached hydrogens (tertiary/aromatic N) is 2. The van der Waals surface area contributed by atoms with Crippen molar-refractivity contribution in [3.05, 3.63) is 70.0 Å². The molecule has 3 aromatic rings. The minimum absolute atomic E-state index is 0.0194. The number of ether oxygens (including phenoxy) is 1. The number of aryl methyl sites for hydroxylation is 1. The molecule has 0 saturated heterocycles. The number of fused-ring (bicyclic) bond motifs is 1. The smallest absolute Gasteiger partial charge is 0.262 e. The summed E-state index contributed by atoms with van der Waals surface area (Å²) >= 11 is 1.31. The van der Waals surface area contributed by atoms with Crippen molar-refractivity contribution in [1.29, 1.82) is 0 Å². The zero-order chi connectivity index (χ0) is 21.0. The summed E-state index contributed by atoms with van der Waals surface area (Å²) < 4.78 is 6.90. The highest BCUT2D eigenvalue weighted by molar-refractivity contribution is 8.00. The number of aromatic nitrogens is 2. The monoisotopic (exact) mass is 410 g/mol. The van der Waals surface area contributed by atoms with Crippen molar-refractivity contribution in [3.8, 4) is 0 Å². The quantitative estimate of drug-likeness (QED) is 0.310. The largest absolute Gasteiger partial charge is 0.383 e. The van der Waals surface area contributed by atoms with Gasteiger partial charge in [0.05, 0.1) is 28.8 Å². The summed E-state index contributed by atoms with van der Waals surface area (Å²) in [6, 6.07) is 14.8. The van der Waals surface area contributed by atoms with Crippen LogP contribution in [0.2, 0.25) is 0 Å². The number of rotatable bonds is 8. The molecule has 1 heterocycles. The van der Waals surface area contributed by atoms with Gasteiger partial charge in [-0.15, -0.1) is 0 Å². The first-order valence-electron chi connectivity index (χ1n) is 9.76. The van der Waals surface area contributed by atoms with Gasteiger partial charge in [-0.3, -0.25) is 14.2 Å². The van der Waals surface area contributed by atoms with Crippen molar-refractivity contribution < 1.29 is 9.53 Å². The van der Waals surface area contributed by atoms with Crippen LogP contribution in [0, 0.1) is 0 Å². The lowest BCUT2D eigenvalue weighted by Crippen LogP contribution is -2.29. The maximum atomic E-state index is 13.1. The highest BCUT2D eigenvalue weighted by Gasteiger charge is 2.22. The van der Waals surface area contributed by atoms with Gasteiger partial charge in [-0.05, 0) is 38.0 Å². The van der Waals surface area contributed by atoms with E-state index >= 15 is 0 Å². The highest BCUT2D eigenvalue weighted by atomic mass is 32.2. The number of thioether (sulfide) groups is 1. The molecule has 6 heteroatoms. The number of hydrogen-bond acceptors (Lipinski definition) is 5. The van der Waals surface area contributed by atoms with Crippen LogP contribution in [0.25, 0.3) is 10.9 Å². The van der Waals surface area contributed by atoms with E-state index in [1.54, 1.807) is 17.7 Å². The maximum Gasteiger partial charge on any atom is 0.262 e. The molecular formula is C23H26N2O3S. The molecule has 1 aromatic heterocycles. The molecule has 0 aliphatic heterocycles. The predicted octanol–water partition coefficient (Wildman–Crippen LogP) is 4.53. The number of Topliss-reactive ketones (excluding diaryl/α,β-unsaturated/α-hetero) is 1. The molecule has 0 radical (unpaired) electrons. The van der Waals surface area contributed by atoms with Crippen molar-refractivity contribution in [3.63, 3.8) is 0 Å². The molecule has 0 N–H and O–H groups in total. The van der Waals surface area contributed by atoms with Crippen molar-refractivity contribution in [1.82, 2.24) is 9.55 Å². The van der Waals surface area contributed by atoms with Gasteiger partial charge in [0.25, 0.3) is 5.56 Å². The van der Waals surface area contributed by atoms with Gasteiger partial charge in [0, 0.05) is 12.7 Å². The van der Waals surface area contributed by atoms with Gasteiger partial charge in [-0.1, -0.05) is 55.1 Å². The molecule has 2 atom stereocenters. The average Bonchev–Trinajstić information content (AvgIpc) is 2.73. The van der Waals surface area contributed by atoms with Crippen LogP contribution in [-0.2, 0) is 11.2 Å². The first-order valence-corrected chi connectivity index (χ1v) is 10.6. The molecule has 152 valence electrons. The molecule has 0 aliphatic rings. The van der Waals surface area contributed by atoms with Crippen LogP contribution in [0.3, 0.4) is 0 Å². The van der Waals surface area contributed by atoms with E-state index in [-0.39, 0.29) is 22.6 Å². The van der Waals surface area contributed by atoms with Gasteiger partial charge < -0.3 is 4.74 Å². The summed E-state index contributed by atoms with van der Waals surface area (Å²) in [5.74, 6) is 0.0194. The van der Waals surface area contributed by atoms with Crippen molar-refractivity contribution >= 4 is 28.4 Å². The SMILES string of the molecule is CCc1ccc(C(=O)[C@@H](C)Sc2nc3ccccc3c(=O)n2[C@H](C)COC)cc1. The van der Waals surface area contributed by atoms with E-state index in [9.17, 15) is 9.59 Å². The van der Waals surface area contributed by atoms with E-state index in [1.807, 2.05) is 56.3 Å².